The molecule has 6 nitrogen and oxygen atoms in total. The zero-order chi connectivity index (χ0) is 15.6. The Morgan fingerprint density at radius 3 is 2.73 bits per heavy atom. The number of carbonyl (C=O) groups is 2. The zero-order valence-corrected chi connectivity index (χ0v) is 12.2. The maximum Gasteiger partial charge on any atom is 0.410 e. The number of carbonyl (C=O) groups excluding carboxylic acids is 1. The average Bonchev–Trinajstić information content (AvgIpc) is 2.51. The Morgan fingerprint density at radius 2 is 2.05 bits per heavy atom. The zero-order valence-electron chi connectivity index (χ0n) is 12.2. The number of aliphatic carboxylic acids is 1. The first-order valence-electron chi connectivity index (χ1n) is 7.44. The van der Waals surface area contributed by atoms with E-state index < -0.39 is 17.7 Å². The number of carboxylic acid groups (broad SMARTS) is 1. The van der Waals surface area contributed by atoms with Gasteiger partial charge in [-0.3, -0.25) is 0 Å². The van der Waals surface area contributed by atoms with Crippen LogP contribution in [0.15, 0.2) is 30.3 Å². The molecule has 1 aromatic rings. The summed E-state index contributed by atoms with van der Waals surface area (Å²) in [4.78, 5) is 24.6. The summed E-state index contributed by atoms with van der Waals surface area (Å²) < 4.78 is 10.9. The van der Waals surface area contributed by atoms with E-state index in [-0.39, 0.29) is 12.7 Å². The first-order chi connectivity index (χ1) is 10.6. The highest BCUT2D eigenvalue weighted by Gasteiger charge is 2.50. The molecule has 22 heavy (non-hydrogen) atoms. The smallest absolute Gasteiger partial charge is 0.410 e. The van der Waals surface area contributed by atoms with Crippen molar-refractivity contribution in [3.63, 3.8) is 0 Å². The molecule has 2 aliphatic heterocycles. The van der Waals surface area contributed by atoms with Crippen LogP contribution in [-0.4, -0.2) is 46.9 Å². The summed E-state index contributed by atoms with van der Waals surface area (Å²) in [5, 5.41) is 9.05. The third kappa shape index (κ3) is 3.06. The van der Waals surface area contributed by atoms with E-state index in [0.717, 1.165) is 18.4 Å². The molecule has 118 valence electrons. The summed E-state index contributed by atoms with van der Waals surface area (Å²) in [6, 6.07) is 9.48. The van der Waals surface area contributed by atoms with Gasteiger partial charge in [-0.25, -0.2) is 9.59 Å². The van der Waals surface area contributed by atoms with Gasteiger partial charge in [0.25, 0.3) is 0 Å². The second kappa shape index (κ2) is 5.96. The summed E-state index contributed by atoms with van der Waals surface area (Å²) in [6.45, 7) is 1.05. The minimum atomic E-state index is -0.927. The molecule has 2 heterocycles. The van der Waals surface area contributed by atoms with Gasteiger partial charge in [0, 0.05) is 0 Å². The van der Waals surface area contributed by atoms with Gasteiger partial charge in [0.1, 0.15) is 12.2 Å². The number of ether oxygens (including phenoxy) is 2. The Morgan fingerprint density at radius 1 is 1.32 bits per heavy atom. The van der Waals surface area contributed by atoms with Gasteiger partial charge in [-0.15, -0.1) is 0 Å². The van der Waals surface area contributed by atoms with E-state index in [1.807, 2.05) is 30.3 Å². The minimum absolute atomic E-state index is 0.238. The molecule has 1 unspecified atom stereocenters. The molecule has 2 fully saturated rings. The van der Waals surface area contributed by atoms with E-state index in [1.165, 1.54) is 0 Å². The summed E-state index contributed by atoms with van der Waals surface area (Å²) in [5.74, 6) is -0.927. The number of nitrogens with zero attached hydrogens (tertiary/aromatic N) is 1. The van der Waals surface area contributed by atoms with Crippen molar-refractivity contribution in [1.82, 2.24) is 4.90 Å². The van der Waals surface area contributed by atoms with Crippen LogP contribution in [0.5, 0.6) is 0 Å². The van der Waals surface area contributed by atoms with E-state index >= 15 is 0 Å². The third-order valence-corrected chi connectivity index (χ3v) is 4.19. The third-order valence-electron chi connectivity index (χ3n) is 4.19. The van der Waals surface area contributed by atoms with Crippen molar-refractivity contribution in [2.75, 3.05) is 13.1 Å². The van der Waals surface area contributed by atoms with Gasteiger partial charge in [0.05, 0.1) is 13.1 Å². The fraction of sp³-hybridized carbons (Fsp3) is 0.500. The summed E-state index contributed by atoms with van der Waals surface area (Å²) in [7, 11) is 0. The fourth-order valence-corrected chi connectivity index (χ4v) is 3.02. The van der Waals surface area contributed by atoms with Gasteiger partial charge >= 0.3 is 12.1 Å². The maximum atomic E-state index is 12.0. The molecule has 0 aromatic heterocycles. The lowest BCUT2D eigenvalue weighted by Crippen LogP contribution is -2.67. The van der Waals surface area contributed by atoms with Crippen LogP contribution in [0.4, 0.5) is 4.79 Å². The number of likely N-dealkylation sites (tertiary alicyclic amines) is 1. The molecule has 2 saturated heterocycles. The fourth-order valence-electron chi connectivity index (χ4n) is 3.02. The molecular weight excluding hydrogens is 286 g/mol. The molecule has 0 bridgehead atoms. The van der Waals surface area contributed by atoms with E-state index in [9.17, 15) is 9.59 Å². The van der Waals surface area contributed by atoms with Crippen molar-refractivity contribution in [2.24, 2.45) is 0 Å². The molecular formula is C16H19NO5. The maximum absolute atomic E-state index is 12.0. The normalized spacial score (nSPS) is 22.9. The van der Waals surface area contributed by atoms with Crippen molar-refractivity contribution < 1.29 is 24.2 Å². The van der Waals surface area contributed by atoms with Crippen molar-refractivity contribution in [1.29, 1.82) is 0 Å². The highest BCUT2D eigenvalue weighted by atomic mass is 16.6. The van der Waals surface area contributed by atoms with E-state index in [4.69, 9.17) is 14.6 Å². The Hall–Kier alpha value is -2.08. The van der Waals surface area contributed by atoms with Crippen LogP contribution in [-0.2, 0) is 20.9 Å². The summed E-state index contributed by atoms with van der Waals surface area (Å²) in [6.07, 6.45) is 1.00. The van der Waals surface area contributed by atoms with Gasteiger partial charge in [0.2, 0.25) is 0 Å². The van der Waals surface area contributed by atoms with Crippen molar-refractivity contribution in [3.05, 3.63) is 35.9 Å². The molecule has 6 heteroatoms. The van der Waals surface area contributed by atoms with Gasteiger partial charge in [-0.2, -0.15) is 0 Å². The first-order valence-corrected chi connectivity index (χ1v) is 7.44. The quantitative estimate of drug-likeness (QED) is 0.924. The molecule has 3 rings (SSSR count). The molecule has 0 radical (unpaired) electrons. The van der Waals surface area contributed by atoms with Crippen LogP contribution in [0.25, 0.3) is 0 Å². The number of carboxylic acids is 1. The van der Waals surface area contributed by atoms with Crippen LogP contribution in [0.3, 0.4) is 0 Å². The van der Waals surface area contributed by atoms with E-state index in [1.54, 1.807) is 4.90 Å². The predicted molar refractivity (Wildman–Crippen MR) is 77.3 cm³/mol. The lowest BCUT2D eigenvalue weighted by atomic mass is 9.85. The van der Waals surface area contributed by atoms with Gasteiger partial charge in [-0.05, 0) is 24.8 Å². The highest BCUT2D eigenvalue weighted by Crippen LogP contribution is 2.37. The molecule has 1 spiro atoms. The second-order valence-electron chi connectivity index (χ2n) is 5.92. The molecule has 1 N–H and O–H groups in total. The van der Waals surface area contributed by atoms with Crippen molar-refractivity contribution >= 4 is 12.1 Å². The highest BCUT2D eigenvalue weighted by molar-refractivity contribution is 5.73. The Bertz CT molecular complexity index is 553. The molecule has 0 aliphatic carbocycles. The monoisotopic (exact) mass is 305 g/mol. The second-order valence-corrected chi connectivity index (χ2v) is 5.92. The van der Waals surface area contributed by atoms with Crippen LogP contribution in [0, 0.1) is 0 Å². The lowest BCUT2D eigenvalue weighted by molar-refractivity contribution is -0.204. The Kier molecular flexibility index (Phi) is 4.02. The number of rotatable bonds is 3. The number of benzene rings is 1. The van der Waals surface area contributed by atoms with E-state index in [0.29, 0.717) is 19.5 Å². The lowest BCUT2D eigenvalue weighted by Gasteiger charge is -2.51. The number of hydrogen-bond donors (Lipinski definition) is 1. The Labute approximate surface area is 128 Å². The first kappa shape index (κ1) is 14.8. The minimum Gasteiger partial charge on any atom is -0.479 e. The van der Waals surface area contributed by atoms with Gasteiger partial charge < -0.3 is 19.5 Å². The standard InChI is InChI=1S/C16H19NO5/c18-14(19)13-7-4-8-16(22-13)10-17(11-16)15(20)21-9-12-5-2-1-3-6-12/h1-3,5-6,13H,4,7-11H2,(H,18,19). The SMILES string of the molecule is O=C(O)C1CCCC2(CN(C(=O)OCc3ccccc3)C2)O1. The molecule has 1 amide bonds. The topological polar surface area (TPSA) is 76.1 Å². The number of amides is 1. The predicted octanol–water partition coefficient (Wildman–Crippen LogP) is 2.03. The van der Waals surface area contributed by atoms with Crippen LogP contribution in [0.1, 0.15) is 24.8 Å². The van der Waals surface area contributed by atoms with Gasteiger partial charge in [-0.1, -0.05) is 30.3 Å². The summed E-state index contributed by atoms with van der Waals surface area (Å²) >= 11 is 0. The van der Waals surface area contributed by atoms with Crippen molar-refractivity contribution in [3.8, 4) is 0 Å². The summed E-state index contributed by atoms with van der Waals surface area (Å²) in [5.41, 5.74) is 0.443. The molecule has 2 aliphatic rings. The molecule has 1 atom stereocenters. The number of hydrogen-bond acceptors (Lipinski definition) is 4. The van der Waals surface area contributed by atoms with E-state index in [2.05, 4.69) is 0 Å². The van der Waals surface area contributed by atoms with Crippen molar-refractivity contribution in [2.45, 2.75) is 37.6 Å². The molecule has 1 aromatic carbocycles. The largest absolute Gasteiger partial charge is 0.479 e. The molecule has 0 saturated carbocycles. The van der Waals surface area contributed by atoms with Crippen LogP contribution in [0.2, 0.25) is 0 Å². The van der Waals surface area contributed by atoms with Crippen LogP contribution < -0.4 is 0 Å². The average molecular weight is 305 g/mol. The van der Waals surface area contributed by atoms with Gasteiger partial charge in [0.15, 0.2) is 6.10 Å². The Balaban J connectivity index is 1.48. The van der Waals surface area contributed by atoms with Crippen LogP contribution >= 0.6 is 0 Å².